The van der Waals surface area contributed by atoms with Crippen LogP contribution in [0.5, 0.6) is 0 Å². The Balaban J connectivity index is 1.53. The summed E-state index contributed by atoms with van der Waals surface area (Å²) in [7, 11) is 0. The lowest BCUT2D eigenvalue weighted by atomic mass is 10.1. The predicted octanol–water partition coefficient (Wildman–Crippen LogP) is 2.70. The molecule has 7 heteroatoms. The van der Waals surface area contributed by atoms with Crippen LogP contribution in [-0.4, -0.2) is 48.9 Å². The first kappa shape index (κ1) is 19.4. The fourth-order valence-electron chi connectivity index (χ4n) is 3.15. The molecular weight excluding hydrogens is 408 g/mol. The Bertz CT molecular complexity index is 800. The highest BCUT2D eigenvalue weighted by Gasteiger charge is 2.25. The van der Waals surface area contributed by atoms with E-state index in [-0.39, 0.29) is 11.9 Å². The van der Waals surface area contributed by atoms with E-state index in [0.29, 0.717) is 5.56 Å². The number of nitrogens with two attached hydrogens (primary N) is 1. The second kappa shape index (κ2) is 8.54. The molecule has 0 aliphatic carbocycles. The maximum Gasteiger partial charge on any atom is 0.248 e. The van der Waals surface area contributed by atoms with Crippen LogP contribution in [0.1, 0.15) is 17.3 Å². The SMILES string of the molecule is CC(C(=O)Nc1ccc(Br)cc1)N1CCN(c2ccc(C(N)=O)cc2)CC1. The maximum atomic E-state index is 12.5. The molecule has 0 spiro atoms. The number of piperazine rings is 1. The average molecular weight is 431 g/mol. The molecule has 1 aliphatic heterocycles. The molecule has 1 unspecified atom stereocenters. The lowest BCUT2D eigenvalue weighted by Gasteiger charge is -2.38. The van der Waals surface area contributed by atoms with Crippen molar-refractivity contribution in [1.29, 1.82) is 0 Å². The molecule has 1 heterocycles. The molecule has 1 atom stereocenters. The van der Waals surface area contributed by atoms with Gasteiger partial charge in [0.25, 0.3) is 0 Å². The minimum atomic E-state index is -0.419. The number of primary amides is 1. The zero-order valence-corrected chi connectivity index (χ0v) is 16.8. The first-order valence-corrected chi connectivity index (χ1v) is 9.68. The van der Waals surface area contributed by atoms with Gasteiger partial charge in [-0.1, -0.05) is 15.9 Å². The summed E-state index contributed by atoms with van der Waals surface area (Å²) in [5.41, 5.74) is 7.65. The number of carbonyl (C=O) groups excluding carboxylic acids is 2. The molecule has 0 aromatic heterocycles. The van der Waals surface area contributed by atoms with Gasteiger partial charge in [-0.15, -0.1) is 0 Å². The van der Waals surface area contributed by atoms with Gasteiger partial charge in [0.15, 0.2) is 0 Å². The van der Waals surface area contributed by atoms with Crippen LogP contribution in [0.15, 0.2) is 53.0 Å². The monoisotopic (exact) mass is 430 g/mol. The normalized spacial score (nSPS) is 16.0. The van der Waals surface area contributed by atoms with Gasteiger partial charge in [-0.3, -0.25) is 14.5 Å². The van der Waals surface area contributed by atoms with Crippen molar-refractivity contribution in [2.24, 2.45) is 5.73 Å². The highest BCUT2D eigenvalue weighted by atomic mass is 79.9. The number of rotatable bonds is 5. The summed E-state index contributed by atoms with van der Waals surface area (Å²) in [6.07, 6.45) is 0. The molecule has 0 radical (unpaired) electrons. The van der Waals surface area contributed by atoms with Crippen LogP contribution in [0.25, 0.3) is 0 Å². The smallest absolute Gasteiger partial charge is 0.248 e. The third kappa shape index (κ3) is 4.87. The van der Waals surface area contributed by atoms with Crippen LogP contribution >= 0.6 is 15.9 Å². The van der Waals surface area contributed by atoms with Crippen LogP contribution in [0.2, 0.25) is 0 Å². The number of carbonyl (C=O) groups is 2. The average Bonchev–Trinajstić information content (AvgIpc) is 2.69. The number of amides is 2. The molecule has 0 bridgehead atoms. The van der Waals surface area contributed by atoms with Crippen molar-refractivity contribution in [3.05, 3.63) is 58.6 Å². The Morgan fingerprint density at radius 3 is 2.15 bits per heavy atom. The molecule has 27 heavy (non-hydrogen) atoms. The second-order valence-corrected chi connectivity index (χ2v) is 7.52. The number of halogens is 1. The van der Waals surface area contributed by atoms with Crippen molar-refractivity contribution in [2.75, 3.05) is 36.4 Å². The van der Waals surface area contributed by atoms with Gasteiger partial charge in [-0.2, -0.15) is 0 Å². The van der Waals surface area contributed by atoms with E-state index in [1.165, 1.54) is 0 Å². The summed E-state index contributed by atoms with van der Waals surface area (Å²) in [6, 6.07) is 14.7. The van der Waals surface area contributed by atoms with Crippen molar-refractivity contribution in [2.45, 2.75) is 13.0 Å². The van der Waals surface area contributed by atoms with Gasteiger partial charge in [0.05, 0.1) is 6.04 Å². The Kier molecular flexibility index (Phi) is 6.13. The molecule has 1 saturated heterocycles. The van der Waals surface area contributed by atoms with Crippen molar-refractivity contribution >= 4 is 39.1 Å². The molecule has 6 nitrogen and oxygen atoms in total. The molecule has 0 saturated carbocycles. The first-order valence-electron chi connectivity index (χ1n) is 8.89. The summed E-state index contributed by atoms with van der Waals surface area (Å²) >= 11 is 3.39. The highest BCUT2D eigenvalue weighted by Crippen LogP contribution is 2.19. The molecule has 142 valence electrons. The largest absolute Gasteiger partial charge is 0.369 e. The van der Waals surface area contributed by atoms with E-state index in [1.54, 1.807) is 12.1 Å². The fourth-order valence-corrected chi connectivity index (χ4v) is 3.41. The van der Waals surface area contributed by atoms with E-state index < -0.39 is 5.91 Å². The van der Waals surface area contributed by atoms with E-state index >= 15 is 0 Å². The van der Waals surface area contributed by atoms with Gasteiger partial charge in [-0.05, 0) is 55.5 Å². The molecule has 2 aromatic rings. The minimum absolute atomic E-state index is 0.00316. The lowest BCUT2D eigenvalue weighted by Crippen LogP contribution is -2.52. The highest BCUT2D eigenvalue weighted by molar-refractivity contribution is 9.10. The van der Waals surface area contributed by atoms with E-state index in [2.05, 4.69) is 31.0 Å². The number of nitrogens with one attached hydrogen (secondary N) is 1. The van der Waals surface area contributed by atoms with E-state index in [0.717, 1.165) is 42.0 Å². The van der Waals surface area contributed by atoms with Gasteiger partial charge in [0.2, 0.25) is 11.8 Å². The summed E-state index contributed by atoms with van der Waals surface area (Å²) in [5, 5.41) is 2.97. The maximum absolute atomic E-state index is 12.5. The zero-order valence-electron chi connectivity index (χ0n) is 15.2. The Labute approximate surface area is 167 Å². The number of nitrogens with zero attached hydrogens (tertiary/aromatic N) is 2. The van der Waals surface area contributed by atoms with Gasteiger partial charge in [0.1, 0.15) is 0 Å². The van der Waals surface area contributed by atoms with Crippen LogP contribution in [0.3, 0.4) is 0 Å². The van der Waals surface area contributed by atoms with E-state index in [4.69, 9.17) is 5.73 Å². The Hall–Kier alpha value is -2.38. The van der Waals surface area contributed by atoms with E-state index in [1.807, 2.05) is 43.3 Å². The van der Waals surface area contributed by atoms with Gasteiger partial charge >= 0.3 is 0 Å². The van der Waals surface area contributed by atoms with Crippen LogP contribution < -0.4 is 16.0 Å². The third-order valence-corrected chi connectivity index (χ3v) is 5.40. The van der Waals surface area contributed by atoms with Crippen LogP contribution in [0, 0.1) is 0 Å². The zero-order chi connectivity index (χ0) is 19.4. The second-order valence-electron chi connectivity index (χ2n) is 6.61. The number of hydrogen-bond donors (Lipinski definition) is 2. The summed E-state index contributed by atoms with van der Waals surface area (Å²) in [6.45, 7) is 5.18. The lowest BCUT2D eigenvalue weighted by molar-refractivity contribution is -0.120. The van der Waals surface area contributed by atoms with Crippen molar-refractivity contribution < 1.29 is 9.59 Å². The number of benzene rings is 2. The van der Waals surface area contributed by atoms with Gasteiger partial charge in [-0.25, -0.2) is 0 Å². The summed E-state index contributed by atoms with van der Waals surface area (Å²) in [5.74, 6) is -0.423. The van der Waals surface area contributed by atoms with Crippen LogP contribution in [-0.2, 0) is 4.79 Å². The van der Waals surface area contributed by atoms with E-state index in [9.17, 15) is 9.59 Å². The molecule has 1 aliphatic rings. The third-order valence-electron chi connectivity index (χ3n) is 4.87. The predicted molar refractivity (Wildman–Crippen MR) is 111 cm³/mol. The Morgan fingerprint density at radius 2 is 1.59 bits per heavy atom. The summed E-state index contributed by atoms with van der Waals surface area (Å²) < 4.78 is 0.980. The topological polar surface area (TPSA) is 78.7 Å². The van der Waals surface area contributed by atoms with Crippen molar-refractivity contribution in [3.8, 4) is 0 Å². The minimum Gasteiger partial charge on any atom is -0.369 e. The van der Waals surface area contributed by atoms with Gasteiger partial charge in [0, 0.05) is 47.6 Å². The quantitative estimate of drug-likeness (QED) is 0.763. The van der Waals surface area contributed by atoms with Crippen molar-refractivity contribution in [1.82, 2.24) is 4.90 Å². The van der Waals surface area contributed by atoms with Gasteiger partial charge < -0.3 is 16.0 Å². The molecule has 2 amide bonds. The summed E-state index contributed by atoms with van der Waals surface area (Å²) in [4.78, 5) is 28.1. The molecular formula is C20H23BrN4O2. The molecule has 1 fully saturated rings. The fraction of sp³-hybridized carbons (Fsp3) is 0.300. The number of anilines is 2. The first-order chi connectivity index (χ1) is 12.9. The van der Waals surface area contributed by atoms with Crippen molar-refractivity contribution in [3.63, 3.8) is 0 Å². The number of hydrogen-bond acceptors (Lipinski definition) is 4. The van der Waals surface area contributed by atoms with Crippen LogP contribution in [0.4, 0.5) is 11.4 Å². The Morgan fingerprint density at radius 1 is 1.00 bits per heavy atom. The molecule has 2 aromatic carbocycles. The molecule has 3 rings (SSSR count). The molecule has 3 N–H and O–H groups in total. The standard InChI is InChI=1S/C20H23BrN4O2/c1-14(20(27)23-17-6-4-16(21)5-7-17)24-10-12-25(13-11-24)18-8-2-15(3-9-18)19(22)26/h2-9,14H,10-13H2,1H3,(H2,22,26)(H,23,27).